The third kappa shape index (κ3) is 4.27. The minimum absolute atomic E-state index is 0.178. The Kier molecular flexibility index (Phi) is 6.21. The van der Waals surface area contributed by atoms with Gasteiger partial charge >= 0.3 is 6.61 Å². The lowest BCUT2D eigenvalue weighted by molar-refractivity contribution is -0.0498. The van der Waals surface area contributed by atoms with E-state index < -0.39 is 13.9 Å². The van der Waals surface area contributed by atoms with Crippen molar-refractivity contribution in [3.8, 4) is 5.75 Å². The van der Waals surface area contributed by atoms with E-state index in [9.17, 15) is 8.78 Å². The van der Waals surface area contributed by atoms with Crippen LogP contribution < -0.4 is 20.7 Å². The van der Waals surface area contributed by atoms with E-state index in [-0.39, 0.29) is 5.75 Å². The van der Waals surface area contributed by atoms with Gasteiger partial charge in [0, 0.05) is 0 Å². The maximum atomic E-state index is 12.5. The lowest BCUT2D eigenvalue weighted by Gasteiger charge is -2.28. The Morgan fingerprint density at radius 3 is 1.33 bits per heavy atom. The molecule has 0 bridgehead atoms. The summed E-state index contributed by atoms with van der Waals surface area (Å²) in [5.74, 6) is 0.178. The van der Waals surface area contributed by atoms with Crippen LogP contribution in [0.1, 0.15) is 5.56 Å². The molecule has 4 aromatic carbocycles. The largest absolute Gasteiger partial charge is 0.435 e. The van der Waals surface area contributed by atoms with Crippen LogP contribution in [-0.4, -0.2) is 6.61 Å². The molecule has 0 saturated heterocycles. The Balaban J connectivity index is 1.87. The fraction of sp³-hybridized carbons (Fsp3) is 0.0769. The van der Waals surface area contributed by atoms with E-state index in [4.69, 9.17) is 0 Å². The molecule has 1 nitrogen and oxygen atoms in total. The van der Waals surface area contributed by atoms with Gasteiger partial charge in [-0.3, -0.25) is 0 Å². The minimum Gasteiger partial charge on any atom is -0.435 e. The van der Waals surface area contributed by atoms with Gasteiger partial charge in [-0.1, -0.05) is 66.7 Å². The lowest BCUT2D eigenvalue weighted by Crippen LogP contribution is -2.32. The minimum atomic E-state index is -2.82. The van der Waals surface area contributed by atoms with Crippen molar-refractivity contribution in [1.82, 2.24) is 0 Å². The average Bonchev–Trinajstić information content (AvgIpc) is 2.80. The quantitative estimate of drug-likeness (QED) is 0.345. The van der Waals surface area contributed by atoms with E-state index >= 15 is 0 Å². The maximum absolute atomic E-state index is 12.5. The van der Waals surface area contributed by atoms with Gasteiger partial charge in [0.25, 0.3) is 0 Å². The predicted molar refractivity (Wildman–Crippen MR) is 122 cm³/mol. The van der Waals surface area contributed by atoms with Crippen molar-refractivity contribution in [2.24, 2.45) is 0 Å². The van der Waals surface area contributed by atoms with Crippen molar-refractivity contribution in [2.75, 3.05) is 0 Å². The second-order valence-corrected chi connectivity index (χ2v) is 10.5. The van der Waals surface area contributed by atoms with Crippen LogP contribution in [0, 0.1) is 0 Å². The zero-order valence-corrected chi connectivity index (χ0v) is 17.3. The molecule has 0 atom stereocenters. The summed E-state index contributed by atoms with van der Waals surface area (Å²) in [4.78, 5) is 0. The van der Waals surface area contributed by atoms with Gasteiger partial charge < -0.3 is 4.74 Å². The van der Waals surface area contributed by atoms with Crippen molar-refractivity contribution in [1.29, 1.82) is 0 Å². The number of alkyl halides is 2. The first-order valence-electron chi connectivity index (χ1n) is 9.77. The number of hydrogen-bond acceptors (Lipinski definition) is 1. The van der Waals surface area contributed by atoms with E-state index in [0.717, 1.165) is 11.7 Å². The van der Waals surface area contributed by atoms with Crippen molar-refractivity contribution >= 4 is 23.2 Å². The third-order valence-electron chi connectivity index (χ3n) is 5.16. The Hall–Kier alpha value is -3.03. The summed E-state index contributed by atoms with van der Waals surface area (Å²) in [5, 5.41) is 3.86. The first-order valence-corrected chi connectivity index (χ1v) is 11.7. The highest BCUT2D eigenvalue weighted by Gasteiger charge is 2.45. The first kappa shape index (κ1) is 20.3. The Labute approximate surface area is 176 Å². The fourth-order valence-electron chi connectivity index (χ4n) is 3.82. The Morgan fingerprint density at radius 1 is 0.567 bits per heavy atom. The number of ether oxygens (including phenoxy) is 1. The summed E-state index contributed by atoms with van der Waals surface area (Å²) in [6.07, 6.45) is 0.792. The lowest BCUT2D eigenvalue weighted by atomic mass is 10.2. The summed E-state index contributed by atoms with van der Waals surface area (Å²) in [6.45, 7) is -2.82. The number of halogens is 2. The molecular formula is C26H22F2OP+. The molecule has 0 N–H and O–H groups in total. The third-order valence-corrected chi connectivity index (χ3v) is 9.54. The van der Waals surface area contributed by atoms with Gasteiger partial charge in [0.1, 0.15) is 28.9 Å². The Morgan fingerprint density at radius 2 is 0.967 bits per heavy atom. The molecule has 0 fully saturated rings. The van der Waals surface area contributed by atoms with Crippen LogP contribution in [0.2, 0.25) is 0 Å². The van der Waals surface area contributed by atoms with E-state index in [1.165, 1.54) is 15.9 Å². The zero-order chi connectivity index (χ0) is 20.8. The molecule has 0 aromatic heterocycles. The summed E-state index contributed by atoms with van der Waals surface area (Å²) in [7, 11) is -2.01. The van der Waals surface area contributed by atoms with Crippen LogP contribution >= 0.6 is 7.26 Å². The van der Waals surface area contributed by atoms with E-state index in [0.29, 0.717) is 0 Å². The summed E-state index contributed by atoms with van der Waals surface area (Å²) in [6, 6.07) is 38.8. The van der Waals surface area contributed by atoms with Crippen LogP contribution in [0.4, 0.5) is 8.78 Å². The predicted octanol–water partition coefficient (Wildman–Crippen LogP) is 5.78. The average molecular weight is 419 g/mol. The smallest absolute Gasteiger partial charge is 0.387 e. The molecule has 0 heterocycles. The molecule has 0 spiro atoms. The van der Waals surface area contributed by atoms with Crippen molar-refractivity contribution in [3.05, 3.63) is 121 Å². The monoisotopic (exact) mass is 419 g/mol. The normalized spacial score (nSPS) is 11.4. The molecule has 4 rings (SSSR count). The molecule has 30 heavy (non-hydrogen) atoms. The Bertz CT molecular complexity index is 956. The van der Waals surface area contributed by atoms with Gasteiger partial charge in [-0.15, -0.1) is 0 Å². The van der Waals surface area contributed by atoms with E-state index in [1.807, 2.05) is 30.3 Å². The number of hydrogen-bond donors (Lipinski definition) is 0. The fourth-order valence-corrected chi connectivity index (χ4v) is 8.06. The molecule has 0 aliphatic heterocycles. The van der Waals surface area contributed by atoms with Gasteiger partial charge in [0.2, 0.25) is 0 Å². The molecule has 4 heteroatoms. The molecule has 0 radical (unpaired) electrons. The molecule has 0 aliphatic rings. The number of rotatable bonds is 7. The van der Waals surface area contributed by atoms with Crippen molar-refractivity contribution < 1.29 is 13.5 Å². The zero-order valence-electron chi connectivity index (χ0n) is 16.4. The van der Waals surface area contributed by atoms with Gasteiger partial charge in [-0.25, -0.2) is 0 Å². The topological polar surface area (TPSA) is 9.23 Å². The standard InChI is InChI=1S/C26H22F2OP/c27-26(28)29-22-18-16-21(17-19-22)20-30(23-10-4-1-5-11-23,24-12-6-2-7-13-24)25-14-8-3-9-15-25/h1-19,26H,20H2/q+1. The molecule has 4 aromatic rings. The summed E-state index contributed by atoms with van der Waals surface area (Å²) >= 11 is 0. The highest BCUT2D eigenvalue weighted by atomic mass is 31.2. The SMILES string of the molecule is FC(F)Oc1ccc(C[P+](c2ccccc2)(c2ccccc2)c2ccccc2)cc1. The van der Waals surface area contributed by atoms with Crippen LogP contribution in [0.25, 0.3) is 0 Å². The van der Waals surface area contributed by atoms with Crippen LogP contribution in [-0.2, 0) is 6.16 Å². The molecular weight excluding hydrogens is 397 g/mol. The van der Waals surface area contributed by atoms with Crippen LogP contribution in [0.3, 0.4) is 0 Å². The molecule has 0 unspecified atom stereocenters. The van der Waals surface area contributed by atoms with Crippen molar-refractivity contribution in [2.45, 2.75) is 12.8 Å². The highest BCUT2D eigenvalue weighted by Crippen LogP contribution is 2.58. The summed E-state index contributed by atoms with van der Waals surface area (Å²) < 4.78 is 29.6. The van der Waals surface area contributed by atoms with Gasteiger partial charge in [0.05, 0.1) is 6.16 Å². The van der Waals surface area contributed by atoms with Crippen LogP contribution in [0.15, 0.2) is 115 Å². The molecule has 150 valence electrons. The molecule has 0 aliphatic carbocycles. The van der Waals surface area contributed by atoms with E-state index in [1.54, 1.807) is 12.1 Å². The first-order chi connectivity index (χ1) is 14.7. The second-order valence-electron chi connectivity index (χ2n) is 7.00. The van der Waals surface area contributed by atoms with Gasteiger partial charge in [0.15, 0.2) is 0 Å². The summed E-state index contributed by atoms with van der Waals surface area (Å²) in [5.41, 5.74) is 1.08. The highest BCUT2D eigenvalue weighted by molar-refractivity contribution is 7.95. The molecule has 0 saturated carbocycles. The number of benzene rings is 4. The second kappa shape index (κ2) is 9.19. The van der Waals surface area contributed by atoms with Gasteiger partial charge in [-0.05, 0) is 54.1 Å². The van der Waals surface area contributed by atoms with E-state index in [2.05, 4.69) is 77.5 Å². The van der Waals surface area contributed by atoms with Crippen molar-refractivity contribution in [3.63, 3.8) is 0 Å². The molecule has 0 amide bonds. The maximum Gasteiger partial charge on any atom is 0.387 e. The van der Waals surface area contributed by atoms with Gasteiger partial charge in [-0.2, -0.15) is 8.78 Å². The van der Waals surface area contributed by atoms with Crippen LogP contribution in [0.5, 0.6) is 5.75 Å².